The molecule has 0 saturated heterocycles. The zero-order valence-corrected chi connectivity index (χ0v) is 15.3. The fourth-order valence-electron chi connectivity index (χ4n) is 2.63. The summed E-state index contributed by atoms with van der Waals surface area (Å²) in [6.07, 6.45) is 1.44. The number of amides is 3. The Hall–Kier alpha value is -3.60. The van der Waals surface area contributed by atoms with Crippen molar-refractivity contribution in [2.45, 2.75) is 19.6 Å². The second-order valence-corrected chi connectivity index (χ2v) is 6.02. The molecule has 1 aromatic carbocycles. The Morgan fingerprint density at radius 3 is 2.66 bits per heavy atom. The number of nitrogens with zero attached hydrogens (tertiary/aromatic N) is 2. The van der Waals surface area contributed by atoms with Crippen LogP contribution in [0.2, 0.25) is 0 Å². The van der Waals surface area contributed by atoms with Crippen molar-refractivity contribution < 1.29 is 23.1 Å². The van der Waals surface area contributed by atoms with Crippen LogP contribution in [0.1, 0.15) is 18.5 Å². The van der Waals surface area contributed by atoms with E-state index in [9.17, 15) is 18.4 Å². The molecule has 1 atom stereocenters. The summed E-state index contributed by atoms with van der Waals surface area (Å²) in [6, 6.07) is 8.71. The monoisotopic (exact) mass is 404 g/mol. The van der Waals surface area contributed by atoms with Gasteiger partial charge in [-0.25, -0.2) is 9.78 Å². The molecule has 0 aliphatic carbocycles. The summed E-state index contributed by atoms with van der Waals surface area (Å²) in [5, 5.41) is 14.9. The molecule has 0 radical (unpaired) electrons. The van der Waals surface area contributed by atoms with Crippen LogP contribution in [0.5, 0.6) is 0 Å². The van der Waals surface area contributed by atoms with Crippen LogP contribution in [-0.4, -0.2) is 40.3 Å². The van der Waals surface area contributed by atoms with Crippen LogP contribution in [0.4, 0.5) is 25.2 Å². The lowest BCUT2D eigenvalue weighted by Crippen LogP contribution is -2.35. The number of benzene rings is 1. The van der Waals surface area contributed by atoms with E-state index in [0.29, 0.717) is 22.3 Å². The normalized spacial score (nSPS) is 12.0. The second kappa shape index (κ2) is 9.06. The number of H-pyrrole nitrogens is 1. The van der Waals surface area contributed by atoms with Crippen molar-refractivity contribution in [2.24, 2.45) is 0 Å². The molecule has 3 aromatic rings. The first-order valence-corrected chi connectivity index (χ1v) is 8.56. The number of alkyl halides is 2. The summed E-state index contributed by atoms with van der Waals surface area (Å²) in [7, 11) is 0. The number of nitrogens with one attached hydrogen (secondary N) is 4. The van der Waals surface area contributed by atoms with Crippen molar-refractivity contribution >= 4 is 34.5 Å². The van der Waals surface area contributed by atoms with Gasteiger partial charge in [-0.2, -0.15) is 13.9 Å². The first-order valence-electron chi connectivity index (χ1n) is 8.56. The van der Waals surface area contributed by atoms with Gasteiger partial charge in [-0.15, -0.1) is 0 Å². The number of pyridine rings is 1. The maximum atomic E-state index is 12.4. The standard InChI is InChI=1S/C18H18F2N6O3/c1-10(27)22-16-12-8-21-15(7-13(12)25-26-16)24-18(28)23-14(9-29-17(19)20)11-5-3-2-4-6-11/h2-8,14,17H,9H2,1H3,(H2,21,23,24,28)(H2,22,25,26,27)/t14-/m1/s1. The third kappa shape index (κ3) is 5.45. The molecule has 2 heterocycles. The van der Waals surface area contributed by atoms with Crippen molar-refractivity contribution in [1.29, 1.82) is 0 Å². The van der Waals surface area contributed by atoms with Crippen LogP contribution in [0.25, 0.3) is 10.9 Å². The van der Waals surface area contributed by atoms with Crippen LogP contribution in [0, 0.1) is 0 Å². The molecule has 0 fully saturated rings. The van der Waals surface area contributed by atoms with Crippen molar-refractivity contribution in [3.63, 3.8) is 0 Å². The molecule has 0 unspecified atom stereocenters. The molecule has 9 nitrogen and oxygen atoms in total. The van der Waals surface area contributed by atoms with Crippen molar-refractivity contribution in [1.82, 2.24) is 20.5 Å². The van der Waals surface area contributed by atoms with Crippen molar-refractivity contribution in [3.8, 4) is 0 Å². The van der Waals surface area contributed by atoms with Crippen LogP contribution < -0.4 is 16.0 Å². The molecule has 0 saturated carbocycles. The maximum absolute atomic E-state index is 12.4. The van der Waals surface area contributed by atoms with Gasteiger partial charge < -0.3 is 15.4 Å². The molecule has 0 bridgehead atoms. The van der Waals surface area contributed by atoms with E-state index in [2.05, 4.69) is 35.9 Å². The molecule has 4 N–H and O–H groups in total. The number of carbonyl (C=O) groups excluding carboxylic acids is 2. The highest BCUT2D eigenvalue weighted by Crippen LogP contribution is 2.22. The minimum Gasteiger partial charge on any atom is -0.329 e. The van der Waals surface area contributed by atoms with Crippen molar-refractivity contribution in [2.75, 3.05) is 17.2 Å². The van der Waals surface area contributed by atoms with Gasteiger partial charge in [-0.1, -0.05) is 30.3 Å². The molecule has 29 heavy (non-hydrogen) atoms. The number of ether oxygens (including phenoxy) is 1. The van der Waals surface area contributed by atoms with E-state index in [4.69, 9.17) is 0 Å². The molecular weight excluding hydrogens is 386 g/mol. The van der Waals surface area contributed by atoms with Crippen LogP contribution in [-0.2, 0) is 9.53 Å². The summed E-state index contributed by atoms with van der Waals surface area (Å²) in [5.74, 6) is 0.247. The third-order valence-electron chi connectivity index (χ3n) is 3.88. The van der Waals surface area contributed by atoms with E-state index in [1.165, 1.54) is 19.2 Å². The number of aromatic amines is 1. The Bertz CT molecular complexity index is 996. The zero-order valence-electron chi connectivity index (χ0n) is 15.3. The van der Waals surface area contributed by atoms with Crippen LogP contribution >= 0.6 is 0 Å². The van der Waals surface area contributed by atoms with Crippen LogP contribution in [0.3, 0.4) is 0 Å². The number of halogens is 2. The van der Waals surface area contributed by atoms with Gasteiger partial charge in [0, 0.05) is 19.2 Å². The van der Waals surface area contributed by atoms with Gasteiger partial charge >= 0.3 is 12.6 Å². The van der Waals surface area contributed by atoms with E-state index >= 15 is 0 Å². The molecule has 0 aliphatic rings. The highest BCUT2D eigenvalue weighted by molar-refractivity contribution is 5.99. The molecule has 11 heteroatoms. The number of hydrogen-bond acceptors (Lipinski definition) is 5. The number of rotatable bonds is 7. The number of anilines is 2. The maximum Gasteiger partial charge on any atom is 0.345 e. The number of fused-ring (bicyclic) bond motifs is 1. The summed E-state index contributed by atoms with van der Waals surface area (Å²) < 4.78 is 29.2. The average Bonchev–Trinajstić information content (AvgIpc) is 3.07. The number of urea groups is 1. The molecule has 2 aromatic heterocycles. The minimum absolute atomic E-state index is 0.203. The van der Waals surface area contributed by atoms with Gasteiger partial charge in [-0.05, 0) is 5.56 Å². The molecule has 0 aliphatic heterocycles. The van der Waals surface area contributed by atoms with Gasteiger partial charge in [0.25, 0.3) is 0 Å². The molecule has 3 amide bonds. The second-order valence-electron chi connectivity index (χ2n) is 6.02. The lowest BCUT2D eigenvalue weighted by molar-refractivity contribution is -0.133. The Labute approximate surface area is 163 Å². The van der Waals surface area contributed by atoms with E-state index in [1.54, 1.807) is 30.3 Å². The number of hydrogen-bond donors (Lipinski definition) is 4. The van der Waals surface area contributed by atoms with Gasteiger partial charge in [0.1, 0.15) is 5.82 Å². The van der Waals surface area contributed by atoms with Crippen LogP contribution in [0.15, 0.2) is 42.6 Å². The Kier molecular flexibility index (Phi) is 6.29. The van der Waals surface area contributed by atoms with Crippen molar-refractivity contribution in [3.05, 3.63) is 48.2 Å². The summed E-state index contributed by atoms with van der Waals surface area (Å²) in [6.45, 7) is -1.99. The number of carbonyl (C=O) groups is 2. The molecule has 152 valence electrons. The third-order valence-corrected chi connectivity index (χ3v) is 3.88. The fraction of sp³-hybridized carbons (Fsp3) is 0.222. The predicted octanol–water partition coefficient (Wildman–Crippen LogP) is 3.02. The lowest BCUT2D eigenvalue weighted by Gasteiger charge is -2.19. The highest BCUT2D eigenvalue weighted by Gasteiger charge is 2.18. The summed E-state index contributed by atoms with van der Waals surface area (Å²) in [4.78, 5) is 27.6. The largest absolute Gasteiger partial charge is 0.345 e. The Morgan fingerprint density at radius 2 is 1.97 bits per heavy atom. The van der Waals surface area contributed by atoms with E-state index in [0.717, 1.165) is 0 Å². The van der Waals surface area contributed by atoms with Gasteiger partial charge in [0.15, 0.2) is 5.82 Å². The first-order chi connectivity index (χ1) is 13.9. The SMILES string of the molecule is CC(=O)Nc1n[nH]c2cc(NC(=O)N[C@H](COC(F)F)c3ccccc3)ncc12. The van der Waals surface area contributed by atoms with E-state index < -0.39 is 25.3 Å². The van der Waals surface area contributed by atoms with Gasteiger partial charge in [0.2, 0.25) is 5.91 Å². The minimum atomic E-state index is -2.95. The smallest absolute Gasteiger partial charge is 0.329 e. The Morgan fingerprint density at radius 1 is 1.21 bits per heavy atom. The highest BCUT2D eigenvalue weighted by atomic mass is 19.3. The first kappa shape index (κ1) is 20.1. The summed E-state index contributed by atoms with van der Waals surface area (Å²) in [5.41, 5.74) is 1.15. The summed E-state index contributed by atoms with van der Waals surface area (Å²) >= 11 is 0. The fourth-order valence-corrected chi connectivity index (χ4v) is 2.63. The molecular formula is C18H18F2N6O3. The molecule has 0 spiro atoms. The number of aromatic nitrogens is 3. The van der Waals surface area contributed by atoms with Gasteiger partial charge in [-0.3, -0.25) is 15.2 Å². The predicted molar refractivity (Wildman–Crippen MR) is 101 cm³/mol. The quantitative estimate of drug-likeness (QED) is 0.482. The Balaban J connectivity index is 1.70. The topological polar surface area (TPSA) is 121 Å². The van der Waals surface area contributed by atoms with E-state index in [1.807, 2.05) is 0 Å². The van der Waals surface area contributed by atoms with E-state index in [-0.39, 0.29) is 11.7 Å². The average molecular weight is 404 g/mol. The molecule has 3 rings (SSSR count). The van der Waals surface area contributed by atoms with Gasteiger partial charge in [0.05, 0.1) is 23.6 Å². The zero-order chi connectivity index (χ0) is 20.8. The lowest BCUT2D eigenvalue weighted by atomic mass is 10.1.